The molecule has 1 aliphatic heterocycles. The minimum atomic E-state index is -1.54. The summed E-state index contributed by atoms with van der Waals surface area (Å²) in [4.78, 5) is 37.3. The highest BCUT2D eigenvalue weighted by Gasteiger charge is 2.48. The van der Waals surface area contributed by atoms with E-state index in [1.54, 1.807) is 20.8 Å². The number of ether oxygens (including phenoxy) is 2. The van der Waals surface area contributed by atoms with Crippen LogP contribution in [0, 0.1) is 0 Å². The lowest BCUT2D eigenvalue weighted by Gasteiger charge is -2.42. The van der Waals surface area contributed by atoms with Crippen LogP contribution in [-0.2, 0) is 19.1 Å². The first kappa shape index (κ1) is 33.1. The number of hydrogen-bond donors (Lipinski definition) is 6. The molecule has 1 aliphatic rings. The fourth-order valence-corrected chi connectivity index (χ4v) is 4.28. The zero-order valence-electron chi connectivity index (χ0n) is 23.1. The van der Waals surface area contributed by atoms with Crippen LogP contribution in [0.2, 0.25) is 0 Å². The number of rotatable bonds is 15. The van der Waals surface area contributed by atoms with Crippen LogP contribution < -0.4 is 16.0 Å². The molecule has 1 rings (SSSR count). The Balaban J connectivity index is 2.80. The summed E-state index contributed by atoms with van der Waals surface area (Å²) in [6.45, 7) is 7.97. The molecule has 3 amide bonds. The lowest BCUT2D eigenvalue weighted by Crippen LogP contribution is -2.68. The van der Waals surface area contributed by atoms with Crippen molar-refractivity contribution in [2.75, 3.05) is 6.61 Å². The predicted octanol–water partition coefficient (Wildman–Crippen LogP) is 1.86. The van der Waals surface area contributed by atoms with Crippen molar-refractivity contribution in [3.63, 3.8) is 0 Å². The van der Waals surface area contributed by atoms with Crippen molar-refractivity contribution in [2.24, 2.45) is 0 Å². The average Bonchev–Trinajstić information content (AvgIpc) is 2.79. The zero-order valence-corrected chi connectivity index (χ0v) is 23.1. The molecule has 6 atom stereocenters. The molecule has 0 bridgehead atoms. The first-order valence-corrected chi connectivity index (χ1v) is 13.6. The van der Waals surface area contributed by atoms with Crippen molar-refractivity contribution >= 4 is 17.9 Å². The molecule has 37 heavy (non-hydrogen) atoms. The Morgan fingerprint density at radius 3 is 2.00 bits per heavy atom. The Morgan fingerprint density at radius 1 is 0.919 bits per heavy atom. The summed E-state index contributed by atoms with van der Waals surface area (Å²) >= 11 is 0. The van der Waals surface area contributed by atoms with Crippen molar-refractivity contribution in [2.45, 2.75) is 141 Å². The van der Waals surface area contributed by atoms with Crippen LogP contribution >= 0.6 is 0 Å². The highest BCUT2D eigenvalue weighted by Crippen LogP contribution is 2.22. The van der Waals surface area contributed by atoms with Gasteiger partial charge in [-0.05, 0) is 33.6 Å². The molecule has 1 saturated heterocycles. The summed E-state index contributed by atoms with van der Waals surface area (Å²) in [7, 11) is 0. The number of amides is 3. The summed E-state index contributed by atoms with van der Waals surface area (Å²) in [6.07, 6.45) is 3.34. The molecule has 0 aromatic carbocycles. The Hall–Kier alpha value is -1.95. The van der Waals surface area contributed by atoms with Crippen molar-refractivity contribution < 1.29 is 39.2 Å². The van der Waals surface area contributed by atoms with Crippen molar-refractivity contribution in [3.05, 3.63) is 0 Å². The summed E-state index contributed by atoms with van der Waals surface area (Å²) in [6, 6.07) is -1.25. The molecule has 0 unspecified atom stereocenters. The molecule has 0 saturated carbocycles. The molecule has 1 fully saturated rings. The van der Waals surface area contributed by atoms with E-state index in [2.05, 4.69) is 22.9 Å². The maximum absolute atomic E-state index is 13.2. The predicted molar refractivity (Wildman–Crippen MR) is 139 cm³/mol. The lowest BCUT2D eigenvalue weighted by molar-refractivity contribution is -0.198. The second-order valence-electron chi connectivity index (χ2n) is 10.8. The zero-order chi connectivity index (χ0) is 28.0. The molecular weight excluding hydrogens is 482 g/mol. The van der Waals surface area contributed by atoms with E-state index < -0.39 is 66.7 Å². The third kappa shape index (κ3) is 12.9. The van der Waals surface area contributed by atoms with Crippen LogP contribution in [0.3, 0.4) is 0 Å². The summed E-state index contributed by atoms with van der Waals surface area (Å²) in [5, 5.41) is 38.0. The molecule has 0 aliphatic carbocycles. The van der Waals surface area contributed by atoms with Crippen LogP contribution in [0.4, 0.5) is 4.79 Å². The Kier molecular flexibility index (Phi) is 15.0. The molecular formula is C26H49N3O8. The van der Waals surface area contributed by atoms with Gasteiger partial charge in [-0.15, -0.1) is 0 Å². The van der Waals surface area contributed by atoms with Crippen molar-refractivity contribution in [1.82, 2.24) is 16.0 Å². The number of hydrogen-bond acceptors (Lipinski definition) is 8. The normalized spacial score (nSPS) is 24.7. The van der Waals surface area contributed by atoms with E-state index in [-0.39, 0.29) is 0 Å². The Bertz CT molecular complexity index is 700. The van der Waals surface area contributed by atoms with Crippen LogP contribution in [0.1, 0.15) is 98.8 Å². The van der Waals surface area contributed by atoms with Gasteiger partial charge in [0.1, 0.15) is 30.1 Å². The van der Waals surface area contributed by atoms with Gasteiger partial charge < -0.3 is 40.7 Å². The molecule has 0 radical (unpaired) electrons. The summed E-state index contributed by atoms with van der Waals surface area (Å²) in [5.41, 5.74) is -0.728. The number of aliphatic hydroxyl groups excluding tert-OH is 3. The summed E-state index contributed by atoms with van der Waals surface area (Å²) in [5.74, 6) is -1.24. The number of unbranched alkanes of at least 4 members (excludes halogenated alkanes) is 8. The van der Waals surface area contributed by atoms with Gasteiger partial charge in [-0.2, -0.15) is 0 Å². The number of alkyl carbamates (subject to hydrolysis) is 1. The number of nitrogens with one attached hydrogen (secondary N) is 3. The monoisotopic (exact) mass is 531 g/mol. The fraction of sp³-hybridized carbons (Fsp3) is 0.885. The third-order valence-electron chi connectivity index (χ3n) is 6.16. The smallest absolute Gasteiger partial charge is 0.409 e. The number of carbonyl (C=O) groups excluding carboxylic acids is 3. The van der Waals surface area contributed by atoms with Gasteiger partial charge in [0, 0.05) is 6.92 Å². The highest BCUT2D eigenvalue weighted by molar-refractivity contribution is 5.84. The van der Waals surface area contributed by atoms with Gasteiger partial charge in [0.05, 0.1) is 12.6 Å². The van der Waals surface area contributed by atoms with Gasteiger partial charge >= 0.3 is 6.09 Å². The largest absolute Gasteiger partial charge is 0.444 e. The Labute approximate surface area is 221 Å². The van der Waals surface area contributed by atoms with Crippen molar-refractivity contribution in [3.8, 4) is 0 Å². The van der Waals surface area contributed by atoms with E-state index in [0.29, 0.717) is 6.42 Å². The SMILES string of the molecule is CCCCCCCCCCC[C@@H](NC(=O)OC(C)(C)C)NC(=O)[C@@H]1O[C@H](CO)[C@@H](O)[C@H](O)[C@H]1NC(C)=O. The fourth-order valence-electron chi connectivity index (χ4n) is 4.28. The average molecular weight is 532 g/mol. The molecule has 11 heteroatoms. The number of aliphatic hydroxyl groups is 3. The van der Waals surface area contributed by atoms with Gasteiger partial charge in [-0.25, -0.2) is 4.79 Å². The molecule has 0 spiro atoms. The summed E-state index contributed by atoms with van der Waals surface area (Å²) < 4.78 is 10.9. The maximum Gasteiger partial charge on any atom is 0.409 e. The second-order valence-corrected chi connectivity index (χ2v) is 10.8. The topological polar surface area (TPSA) is 166 Å². The van der Waals surface area contributed by atoms with Crippen LogP contribution in [0.25, 0.3) is 0 Å². The quantitative estimate of drug-likeness (QED) is 0.138. The Morgan fingerprint density at radius 2 is 1.49 bits per heavy atom. The van der Waals surface area contributed by atoms with E-state index >= 15 is 0 Å². The van der Waals surface area contributed by atoms with Crippen molar-refractivity contribution in [1.29, 1.82) is 0 Å². The van der Waals surface area contributed by atoms with Gasteiger partial charge in [0.15, 0.2) is 6.10 Å². The van der Waals surface area contributed by atoms with Crippen LogP contribution in [0.5, 0.6) is 0 Å². The third-order valence-corrected chi connectivity index (χ3v) is 6.16. The van der Waals surface area contributed by atoms with E-state index in [1.165, 1.54) is 39.0 Å². The maximum atomic E-state index is 13.2. The molecule has 11 nitrogen and oxygen atoms in total. The van der Waals surface area contributed by atoms with Gasteiger partial charge in [-0.3, -0.25) is 9.59 Å². The van der Waals surface area contributed by atoms with Gasteiger partial charge in [0.25, 0.3) is 5.91 Å². The van der Waals surface area contributed by atoms with E-state index in [1.807, 2.05) is 0 Å². The molecule has 6 N–H and O–H groups in total. The first-order chi connectivity index (χ1) is 17.4. The first-order valence-electron chi connectivity index (χ1n) is 13.6. The standard InChI is InChI=1S/C26H49N3O8/c1-6-7-8-9-10-11-12-13-14-15-19(29-25(35)37-26(3,4)5)28-24(34)23-20(27-17(2)31)22(33)21(32)18(16-30)36-23/h18-23,30,32-33H,6-16H2,1-5H3,(H,27,31)(H,28,34)(H,29,35)/t18-,19-,20-,21-,22-,23-/m1/s1. The molecule has 0 aromatic heterocycles. The van der Waals surface area contributed by atoms with Gasteiger partial charge in [0.2, 0.25) is 5.91 Å². The molecule has 0 aromatic rings. The lowest BCUT2D eigenvalue weighted by atomic mass is 9.92. The van der Waals surface area contributed by atoms with Gasteiger partial charge in [-0.1, -0.05) is 58.3 Å². The van der Waals surface area contributed by atoms with Crippen LogP contribution in [-0.4, -0.2) is 82.1 Å². The number of carbonyl (C=O) groups is 3. The molecule has 1 heterocycles. The highest BCUT2D eigenvalue weighted by atomic mass is 16.6. The molecule has 216 valence electrons. The van der Waals surface area contributed by atoms with E-state index in [0.717, 1.165) is 25.7 Å². The minimum Gasteiger partial charge on any atom is -0.444 e. The van der Waals surface area contributed by atoms with E-state index in [4.69, 9.17) is 9.47 Å². The second kappa shape index (κ2) is 16.8. The van der Waals surface area contributed by atoms with Crippen LogP contribution in [0.15, 0.2) is 0 Å². The van der Waals surface area contributed by atoms with E-state index in [9.17, 15) is 29.7 Å². The minimum absolute atomic E-state index is 0.437.